The molecule has 0 radical (unpaired) electrons. The van der Waals surface area contributed by atoms with E-state index in [1.54, 1.807) is 57.1 Å². The van der Waals surface area contributed by atoms with E-state index >= 15 is 0 Å². The van der Waals surface area contributed by atoms with E-state index in [9.17, 15) is 16.8 Å². The summed E-state index contributed by atoms with van der Waals surface area (Å²) >= 11 is 0. The summed E-state index contributed by atoms with van der Waals surface area (Å²) < 4.78 is 60.9. The summed E-state index contributed by atoms with van der Waals surface area (Å²) in [6.07, 6.45) is 5.63. The quantitative estimate of drug-likeness (QED) is 0.588. The molecule has 0 amide bonds. The lowest BCUT2D eigenvalue weighted by Crippen LogP contribution is -2.41. The first-order valence-electron chi connectivity index (χ1n) is 11.6. The van der Waals surface area contributed by atoms with Crippen LogP contribution in [0, 0.1) is 0 Å². The molecule has 7 nitrogen and oxygen atoms in total. The van der Waals surface area contributed by atoms with Crippen molar-refractivity contribution in [2.75, 3.05) is 13.1 Å². The Morgan fingerprint density at radius 1 is 0.636 bits per heavy atom. The van der Waals surface area contributed by atoms with E-state index in [2.05, 4.69) is 0 Å². The van der Waals surface area contributed by atoms with Crippen LogP contribution < -0.4 is 4.74 Å². The average Bonchev–Trinajstić information content (AvgIpc) is 2.80. The maximum Gasteiger partial charge on any atom is 0.243 e. The molecule has 2 saturated heterocycles. The lowest BCUT2D eigenvalue weighted by atomic mass is 10.1. The van der Waals surface area contributed by atoms with Crippen LogP contribution in [0.3, 0.4) is 0 Å². The summed E-state index contributed by atoms with van der Waals surface area (Å²) in [6, 6.07) is 12.7. The van der Waals surface area contributed by atoms with Crippen LogP contribution in [0.15, 0.2) is 58.3 Å². The van der Waals surface area contributed by atoms with Gasteiger partial charge >= 0.3 is 0 Å². The minimum atomic E-state index is -3.53. The van der Waals surface area contributed by atoms with Gasteiger partial charge in [0, 0.05) is 25.2 Å². The molecule has 2 fully saturated rings. The predicted molar refractivity (Wildman–Crippen MR) is 127 cm³/mol. The largest absolute Gasteiger partial charge is 0.457 e. The van der Waals surface area contributed by atoms with Crippen molar-refractivity contribution in [2.45, 2.75) is 74.2 Å². The summed E-state index contributed by atoms with van der Waals surface area (Å²) in [5.41, 5.74) is 0. The Morgan fingerprint density at radius 2 is 1.00 bits per heavy atom. The lowest BCUT2D eigenvalue weighted by Gasteiger charge is -2.32. The maximum atomic E-state index is 13.0. The Balaban J connectivity index is 1.45. The highest BCUT2D eigenvalue weighted by Gasteiger charge is 2.32. The van der Waals surface area contributed by atoms with Gasteiger partial charge in [0.15, 0.2) is 0 Å². The molecule has 33 heavy (non-hydrogen) atoms. The Hall–Kier alpha value is -1.94. The molecule has 0 saturated carbocycles. The van der Waals surface area contributed by atoms with Crippen molar-refractivity contribution in [1.82, 2.24) is 8.61 Å². The van der Waals surface area contributed by atoms with Gasteiger partial charge in [-0.15, -0.1) is 0 Å². The normalized spacial score (nSPS) is 23.3. The van der Waals surface area contributed by atoms with Gasteiger partial charge in [-0.3, -0.25) is 0 Å². The number of benzene rings is 2. The molecule has 0 N–H and O–H groups in total. The molecule has 2 atom stereocenters. The van der Waals surface area contributed by atoms with Crippen molar-refractivity contribution >= 4 is 20.0 Å². The van der Waals surface area contributed by atoms with E-state index in [1.807, 2.05) is 13.8 Å². The molecular formula is C24H32N2O5S2. The molecule has 2 heterocycles. The fraction of sp³-hybridized carbons (Fsp3) is 0.500. The van der Waals surface area contributed by atoms with Gasteiger partial charge in [-0.05, 0) is 88.1 Å². The molecule has 2 aromatic rings. The first-order valence-corrected chi connectivity index (χ1v) is 14.5. The van der Waals surface area contributed by atoms with Crippen molar-refractivity contribution in [3.63, 3.8) is 0 Å². The third-order valence-corrected chi connectivity index (χ3v) is 10.6. The van der Waals surface area contributed by atoms with Crippen LogP contribution in [-0.4, -0.2) is 50.6 Å². The summed E-state index contributed by atoms with van der Waals surface area (Å²) in [6.45, 7) is 4.99. The van der Waals surface area contributed by atoms with Crippen LogP contribution in [0.25, 0.3) is 0 Å². The van der Waals surface area contributed by atoms with E-state index in [0.29, 0.717) is 24.6 Å². The number of hydrogen-bond donors (Lipinski definition) is 0. The summed E-state index contributed by atoms with van der Waals surface area (Å²) in [4.78, 5) is 0.501. The van der Waals surface area contributed by atoms with E-state index in [1.165, 1.54) is 0 Å². The molecular weight excluding hydrogens is 460 g/mol. The minimum absolute atomic E-state index is 0.00222. The van der Waals surface area contributed by atoms with Gasteiger partial charge < -0.3 is 4.74 Å². The second-order valence-electron chi connectivity index (χ2n) is 8.97. The lowest BCUT2D eigenvalue weighted by molar-refractivity contribution is 0.268. The fourth-order valence-electron chi connectivity index (χ4n) is 4.62. The summed E-state index contributed by atoms with van der Waals surface area (Å²) in [5, 5.41) is 0. The van der Waals surface area contributed by atoms with E-state index in [-0.39, 0.29) is 21.9 Å². The highest BCUT2D eigenvalue weighted by atomic mass is 32.2. The van der Waals surface area contributed by atoms with Crippen LogP contribution in [0.5, 0.6) is 11.5 Å². The smallest absolute Gasteiger partial charge is 0.243 e. The zero-order valence-corrected chi connectivity index (χ0v) is 20.8. The van der Waals surface area contributed by atoms with Gasteiger partial charge in [-0.2, -0.15) is 8.61 Å². The molecule has 180 valence electrons. The standard InChI is InChI=1S/C24H32N2O5S2/c1-19-7-3-5-17-25(19)32(27,28)23-13-9-21(10-14-23)31-22-11-15-24(16-12-22)33(29,30)26-18-6-4-8-20(26)2/h9-16,19-20H,3-8,17-18H2,1-2H3/t19-,20-/m0/s1. The van der Waals surface area contributed by atoms with Crippen LogP contribution in [0.2, 0.25) is 0 Å². The first kappa shape index (κ1) is 24.2. The van der Waals surface area contributed by atoms with Crippen molar-refractivity contribution in [2.24, 2.45) is 0 Å². The van der Waals surface area contributed by atoms with E-state index < -0.39 is 20.0 Å². The summed E-state index contributed by atoms with van der Waals surface area (Å²) in [7, 11) is -7.06. The summed E-state index contributed by atoms with van der Waals surface area (Å²) in [5.74, 6) is 0.974. The molecule has 0 aromatic heterocycles. The predicted octanol–water partition coefficient (Wildman–Crippen LogP) is 4.61. The number of hydrogen-bond acceptors (Lipinski definition) is 5. The molecule has 0 aliphatic carbocycles. The number of piperidine rings is 2. The monoisotopic (exact) mass is 492 g/mol. The van der Waals surface area contributed by atoms with Gasteiger partial charge in [0.1, 0.15) is 11.5 Å². The molecule has 2 aliphatic rings. The average molecular weight is 493 g/mol. The Morgan fingerprint density at radius 3 is 1.33 bits per heavy atom. The highest BCUT2D eigenvalue weighted by Crippen LogP contribution is 2.30. The second-order valence-corrected chi connectivity index (χ2v) is 12.7. The van der Waals surface area contributed by atoms with Gasteiger partial charge in [0.05, 0.1) is 9.79 Å². The topological polar surface area (TPSA) is 84.0 Å². The highest BCUT2D eigenvalue weighted by molar-refractivity contribution is 7.89. The molecule has 2 aliphatic heterocycles. The number of nitrogens with zero attached hydrogens (tertiary/aromatic N) is 2. The number of sulfonamides is 2. The molecule has 0 unspecified atom stereocenters. The Bertz CT molecular complexity index is 1070. The number of rotatable bonds is 6. The van der Waals surface area contributed by atoms with Gasteiger partial charge in [0.2, 0.25) is 20.0 Å². The Labute approximate surface area is 197 Å². The molecule has 4 rings (SSSR count). The van der Waals surface area contributed by atoms with Crippen molar-refractivity contribution in [3.8, 4) is 11.5 Å². The van der Waals surface area contributed by atoms with Crippen LogP contribution in [0.1, 0.15) is 52.4 Å². The Kier molecular flexibility index (Phi) is 7.14. The third kappa shape index (κ3) is 5.11. The third-order valence-electron chi connectivity index (χ3n) is 6.58. The fourth-order valence-corrected chi connectivity index (χ4v) is 8.02. The van der Waals surface area contributed by atoms with Crippen LogP contribution in [0.4, 0.5) is 0 Å². The molecule has 0 bridgehead atoms. The van der Waals surface area contributed by atoms with E-state index in [0.717, 1.165) is 38.5 Å². The molecule has 0 spiro atoms. The SMILES string of the molecule is C[C@H]1CCCCN1S(=O)(=O)c1ccc(Oc2ccc(S(=O)(=O)N3CCCC[C@@H]3C)cc2)cc1. The maximum absolute atomic E-state index is 13.0. The van der Waals surface area contributed by atoms with Crippen molar-refractivity contribution in [3.05, 3.63) is 48.5 Å². The molecule has 9 heteroatoms. The minimum Gasteiger partial charge on any atom is -0.457 e. The first-order chi connectivity index (χ1) is 15.7. The van der Waals surface area contributed by atoms with Crippen LogP contribution in [-0.2, 0) is 20.0 Å². The second kappa shape index (κ2) is 9.74. The van der Waals surface area contributed by atoms with Crippen molar-refractivity contribution in [1.29, 1.82) is 0 Å². The number of ether oxygens (including phenoxy) is 1. The van der Waals surface area contributed by atoms with Gasteiger partial charge in [-0.1, -0.05) is 12.8 Å². The van der Waals surface area contributed by atoms with Gasteiger partial charge in [0.25, 0.3) is 0 Å². The zero-order chi connectivity index (χ0) is 23.6. The van der Waals surface area contributed by atoms with Crippen molar-refractivity contribution < 1.29 is 21.6 Å². The van der Waals surface area contributed by atoms with E-state index in [4.69, 9.17) is 4.74 Å². The molecule has 2 aromatic carbocycles. The van der Waals surface area contributed by atoms with Crippen LogP contribution >= 0.6 is 0 Å². The van der Waals surface area contributed by atoms with Gasteiger partial charge in [-0.25, -0.2) is 16.8 Å². The zero-order valence-electron chi connectivity index (χ0n) is 19.2.